The first-order valence-corrected chi connectivity index (χ1v) is 4.73. The highest BCUT2D eigenvalue weighted by molar-refractivity contribution is 5.44. The Morgan fingerprint density at radius 2 is 1.92 bits per heavy atom. The Labute approximate surface area is 80.1 Å². The molecular formula is C11H18N2. The first-order chi connectivity index (χ1) is 6.22. The van der Waals surface area contributed by atoms with Crippen molar-refractivity contribution in [3.63, 3.8) is 0 Å². The van der Waals surface area contributed by atoms with Crippen LogP contribution in [-0.4, -0.2) is 13.1 Å². The van der Waals surface area contributed by atoms with E-state index in [4.69, 9.17) is 5.73 Å². The highest BCUT2D eigenvalue weighted by Crippen LogP contribution is 2.08. The van der Waals surface area contributed by atoms with Gasteiger partial charge in [0.2, 0.25) is 0 Å². The van der Waals surface area contributed by atoms with Gasteiger partial charge >= 0.3 is 0 Å². The van der Waals surface area contributed by atoms with Gasteiger partial charge in [0, 0.05) is 12.2 Å². The number of nitrogens with two attached hydrogens (primary N) is 1. The monoisotopic (exact) mass is 178 g/mol. The Kier molecular flexibility index (Phi) is 3.77. The number of anilines is 1. The number of hydrogen-bond donors (Lipinski definition) is 2. The third-order valence-electron chi connectivity index (χ3n) is 2.11. The maximum Gasteiger partial charge on any atom is 0.0340 e. The Bertz CT molecular complexity index is 241. The second-order valence-electron chi connectivity index (χ2n) is 3.59. The molecule has 0 spiro atoms. The molecule has 0 saturated heterocycles. The second kappa shape index (κ2) is 4.87. The number of nitrogens with one attached hydrogen (secondary N) is 1. The van der Waals surface area contributed by atoms with Crippen LogP contribution in [0.4, 0.5) is 5.69 Å². The molecule has 0 aliphatic heterocycles. The van der Waals surface area contributed by atoms with Gasteiger partial charge in [0.05, 0.1) is 0 Å². The Morgan fingerprint density at radius 1 is 1.31 bits per heavy atom. The van der Waals surface area contributed by atoms with Crippen LogP contribution in [0.15, 0.2) is 24.3 Å². The molecule has 13 heavy (non-hydrogen) atoms. The van der Waals surface area contributed by atoms with Crippen LogP contribution in [0.2, 0.25) is 0 Å². The number of benzene rings is 1. The molecule has 1 aromatic rings. The number of aryl methyl sites for hydroxylation is 1. The zero-order valence-corrected chi connectivity index (χ0v) is 8.38. The van der Waals surface area contributed by atoms with Gasteiger partial charge in [-0.3, -0.25) is 0 Å². The van der Waals surface area contributed by atoms with Crippen molar-refractivity contribution in [1.82, 2.24) is 0 Å². The van der Waals surface area contributed by atoms with Crippen molar-refractivity contribution in [1.29, 1.82) is 0 Å². The Balaban J connectivity index is 2.41. The lowest BCUT2D eigenvalue weighted by Crippen LogP contribution is -2.19. The minimum absolute atomic E-state index is 0.529. The summed E-state index contributed by atoms with van der Waals surface area (Å²) in [6.07, 6.45) is 0. The summed E-state index contributed by atoms with van der Waals surface area (Å²) in [5.74, 6) is 0.529. The molecule has 1 rings (SSSR count). The Hall–Kier alpha value is -1.02. The highest BCUT2D eigenvalue weighted by Gasteiger charge is 1.97. The minimum atomic E-state index is 0.529. The predicted molar refractivity (Wildman–Crippen MR) is 57.9 cm³/mol. The molecule has 0 aliphatic carbocycles. The van der Waals surface area contributed by atoms with Crippen LogP contribution >= 0.6 is 0 Å². The largest absolute Gasteiger partial charge is 0.385 e. The van der Waals surface area contributed by atoms with Crippen molar-refractivity contribution >= 4 is 5.69 Å². The van der Waals surface area contributed by atoms with Gasteiger partial charge in [0.25, 0.3) is 0 Å². The fraction of sp³-hybridized carbons (Fsp3) is 0.455. The normalized spacial score (nSPS) is 12.5. The van der Waals surface area contributed by atoms with Gasteiger partial charge in [0.15, 0.2) is 0 Å². The average Bonchev–Trinajstić information content (AvgIpc) is 2.16. The summed E-state index contributed by atoms with van der Waals surface area (Å²) >= 11 is 0. The maximum atomic E-state index is 5.52. The smallest absolute Gasteiger partial charge is 0.0340 e. The third kappa shape index (κ3) is 3.47. The van der Waals surface area contributed by atoms with E-state index in [0.29, 0.717) is 5.92 Å². The van der Waals surface area contributed by atoms with E-state index in [0.717, 1.165) is 13.1 Å². The summed E-state index contributed by atoms with van der Waals surface area (Å²) < 4.78 is 0. The summed E-state index contributed by atoms with van der Waals surface area (Å²) in [6.45, 7) is 5.91. The van der Waals surface area contributed by atoms with E-state index >= 15 is 0 Å². The van der Waals surface area contributed by atoms with Gasteiger partial charge in [0.1, 0.15) is 0 Å². The third-order valence-corrected chi connectivity index (χ3v) is 2.11. The van der Waals surface area contributed by atoms with Crippen LogP contribution in [-0.2, 0) is 0 Å². The van der Waals surface area contributed by atoms with Crippen molar-refractivity contribution in [3.8, 4) is 0 Å². The van der Waals surface area contributed by atoms with Gasteiger partial charge in [-0.2, -0.15) is 0 Å². The zero-order valence-electron chi connectivity index (χ0n) is 8.38. The van der Waals surface area contributed by atoms with E-state index in [-0.39, 0.29) is 0 Å². The van der Waals surface area contributed by atoms with Crippen LogP contribution in [0.5, 0.6) is 0 Å². The van der Waals surface area contributed by atoms with Crippen molar-refractivity contribution in [2.45, 2.75) is 13.8 Å². The molecule has 3 N–H and O–H groups in total. The first kappa shape index (κ1) is 10.1. The van der Waals surface area contributed by atoms with Crippen LogP contribution in [0.3, 0.4) is 0 Å². The molecule has 0 saturated carbocycles. The molecule has 0 heterocycles. The first-order valence-electron chi connectivity index (χ1n) is 4.73. The molecule has 0 radical (unpaired) electrons. The summed E-state index contributed by atoms with van der Waals surface area (Å²) in [4.78, 5) is 0. The number of rotatable bonds is 4. The second-order valence-corrected chi connectivity index (χ2v) is 3.59. The summed E-state index contributed by atoms with van der Waals surface area (Å²) in [5, 5.41) is 3.34. The summed E-state index contributed by atoms with van der Waals surface area (Å²) in [5.41, 5.74) is 7.98. The van der Waals surface area contributed by atoms with Crippen LogP contribution in [0.25, 0.3) is 0 Å². The molecule has 1 unspecified atom stereocenters. The van der Waals surface area contributed by atoms with Gasteiger partial charge in [-0.05, 0) is 31.5 Å². The zero-order chi connectivity index (χ0) is 9.68. The Morgan fingerprint density at radius 3 is 2.46 bits per heavy atom. The minimum Gasteiger partial charge on any atom is -0.385 e. The predicted octanol–water partition coefficient (Wildman–Crippen LogP) is 2.00. The van der Waals surface area contributed by atoms with Gasteiger partial charge in [-0.1, -0.05) is 24.6 Å². The molecule has 1 atom stereocenters. The number of hydrogen-bond acceptors (Lipinski definition) is 2. The van der Waals surface area contributed by atoms with Crippen molar-refractivity contribution in [2.24, 2.45) is 11.7 Å². The van der Waals surface area contributed by atoms with Crippen molar-refractivity contribution in [3.05, 3.63) is 29.8 Å². The molecule has 1 aromatic carbocycles. The lowest BCUT2D eigenvalue weighted by molar-refractivity contribution is 0.628. The van der Waals surface area contributed by atoms with E-state index in [1.165, 1.54) is 11.3 Å². The lowest BCUT2D eigenvalue weighted by atomic mass is 10.1. The maximum absolute atomic E-state index is 5.52. The summed E-state index contributed by atoms with van der Waals surface area (Å²) in [6, 6.07) is 8.40. The van der Waals surface area contributed by atoms with Crippen molar-refractivity contribution < 1.29 is 0 Å². The van der Waals surface area contributed by atoms with E-state index in [2.05, 4.69) is 43.4 Å². The standard InChI is InChI=1S/C11H18N2/c1-9-3-5-11(6-4-9)13-8-10(2)7-12/h3-6,10,13H,7-8,12H2,1-2H3. The molecule has 0 bridgehead atoms. The molecule has 0 amide bonds. The van der Waals surface area contributed by atoms with Crippen LogP contribution in [0.1, 0.15) is 12.5 Å². The van der Waals surface area contributed by atoms with Gasteiger partial charge < -0.3 is 11.1 Å². The van der Waals surface area contributed by atoms with E-state index in [1.807, 2.05) is 0 Å². The fourth-order valence-electron chi connectivity index (χ4n) is 1.05. The molecule has 0 aromatic heterocycles. The van der Waals surface area contributed by atoms with E-state index in [1.54, 1.807) is 0 Å². The summed E-state index contributed by atoms with van der Waals surface area (Å²) in [7, 11) is 0. The van der Waals surface area contributed by atoms with Gasteiger partial charge in [-0.25, -0.2) is 0 Å². The quantitative estimate of drug-likeness (QED) is 0.740. The van der Waals surface area contributed by atoms with Crippen LogP contribution in [0, 0.1) is 12.8 Å². The van der Waals surface area contributed by atoms with Gasteiger partial charge in [-0.15, -0.1) is 0 Å². The van der Waals surface area contributed by atoms with E-state index in [9.17, 15) is 0 Å². The molecular weight excluding hydrogens is 160 g/mol. The van der Waals surface area contributed by atoms with Crippen molar-refractivity contribution in [2.75, 3.05) is 18.4 Å². The molecule has 2 heteroatoms. The van der Waals surface area contributed by atoms with Crippen LogP contribution < -0.4 is 11.1 Å². The molecule has 72 valence electrons. The lowest BCUT2D eigenvalue weighted by Gasteiger charge is -2.11. The molecule has 2 nitrogen and oxygen atoms in total. The molecule has 0 fully saturated rings. The average molecular weight is 178 g/mol. The highest BCUT2D eigenvalue weighted by atomic mass is 14.9. The fourth-order valence-corrected chi connectivity index (χ4v) is 1.05. The van der Waals surface area contributed by atoms with E-state index < -0.39 is 0 Å². The topological polar surface area (TPSA) is 38.0 Å². The SMILES string of the molecule is Cc1ccc(NCC(C)CN)cc1. The molecule has 0 aliphatic rings.